The molecule has 0 aliphatic carbocycles. The number of hydrogen-bond acceptors (Lipinski definition) is 7. The second-order valence-electron chi connectivity index (χ2n) is 6.20. The molecule has 0 aromatic carbocycles. The van der Waals surface area contributed by atoms with Gasteiger partial charge in [-0.15, -0.1) is 0 Å². The van der Waals surface area contributed by atoms with Crippen LogP contribution in [0, 0.1) is 0 Å². The summed E-state index contributed by atoms with van der Waals surface area (Å²) in [5, 5.41) is 14.1. The van der Waals surface area contributed by atoms with Crippen molar-refractivity contribution in [3.05, 3.63) is 72.8 Å². The largest absolute Gasteiger partial charge is 0.467 e. The Bertz CT molecular complexity index is 1260. The highest BCUT2D eigenvalue weighted by molar-refractivity contribution is 6.12. The van der Waals surface area contributed by atoms with Crippen LogP contribution in [0.5, 0.6) is 0 Å². The molecular formula is C19H14N8O2. The van der Waals surface area contributed by atoms with Gasteiger partial charge in [-0.25, -0.2) is 14.8 Å². The molecule has 5 aromatic rings. The molecule has 5 rings (SSSR count). The summed E-state index contributed by atoms with van der Waals surface area (Å²) in [5.74, 6) is 0.638. The highest BCUT2D eigenvalue weighted by Gasteiger charge is 2.19. The fourth-order valence-corrected chi connectivity index (χ4v) is 3.00. The summed E-state index contributed by atoms with van der Waals surface area (Å²) >= 11 is 0. The lowest BCUT2D eigenvalue weighted by molar-refractivity contribution is 0.102. The fraction of sp³-hybridized carbons (Fsp3) is 0.0526. The SMILES string of the molecule is O=C(Nc1ncn[nH]1)c1cc(-c2cccnc2)nc2c1cnn2Cc1ccco1. The molecule has 0 aliphatic rings. The van der Waals surface area contributed by atoms with E-state index in [0.29, 0.717) is 28.8 Å². The Balaban J connectivity index is 1.64. The minimum absolute atomic E-state index is 0.255. The molecular weight excluding hydrogens is 372 g/mol. The topological polar surface area (TPSA) is 127 Å². The predicted molar refractivity (Wildman–Crippen MR) is 103 cm³/mol. The van der Waals surface area contributed by atoms with Gasteiger partial charge < -0.3 is 4.42 Å². The zero-order chi connectivity index (χ0) is 19.6. The van der Waals surface area contributed by atoms with Gasteiger partial charge in [0.2, 0.25) is 5.95 Å². The number of pyridine rings is 2. The number of H-pyrrole nitrogens is 1. The van der Waals surface area contributed by atoms with Crippen molar-refractivity contribution in [3.63, 3.8) is 0 Å². The van der Waals surface area contributed by atoms with E-state index in [1.165, 1.54) is 6.33 Å². The molecule has 0 aliphatic heterocycles. The van der Waals surface area contributed by atoms with Crippen LogP contribution in [0.25, 0.3) is 22.3 Å². The van der Waals surface area contributed by atoms with Crippen LogP contribution in [0.1, 0.15) is 16.1 Å². The van der Waals surface area contributed by atoms with Gasteiger partial charge in [0.1, 0.15) is 18.6 Å². The van der Waals surface area contributed by atoms with E-state index < -0.39 is 0 Å². The van der Waals surface area contributed by atoms with Gasteiger partial charge in [-0.05, 0) is 30.3 Å². The average Bonchev–Trinajstić information content (AvgIpc) is 3.51. The molecule has 0 saturated carbocycles. The molecule has 0 fully saturated rings. The molecule has 10 nitrogen and oxygen atoms in total. The van der Waals surface area contributed by atoms with Gasteiger partial charge in [0.15, 0.2) is 5.65 Å². The summed E-state index contributed by atoms with van der Waals surface area (Å²) in [6.45, 7) is 0.392. The van der Waals surface area contributed by atoms with E-state index in [1.54, 1.807) is 35.6 Å². The smallest absolute Gasteiger partial charge is 0.258 e. The van der Waals surface area contributed by atoms with Gasteiger partial charge in [0.05, 0.1) is 29.1 Å². The van der Waals surface area contributed by atoms with E-state index >= 15 is 0 Å². The van der Waals surface area contributed by atoms with Gasteiger partial charge in [-0.3, -0.25) is 15.1 Å². The summed E-state index contributed by atoms with van der Waals surface area (Å²) in [7, 11) is 0. The van der Waals surface area contributed by atoms with Gasteiger partial charge in [0, 0.05) is 18.0 Å². The van der Waals surface area contributed by atoms with E-state index in [-0.39, 0.29) is 11.9 Å². The maximum atomic E-state index is 12.9. The molecule has 1 amide bonds. The molecule has 10 heteroatoms. The Morgan fingerprint density at radius 2 is 2.21 bits per heavy atom. The Kier molecular flexibility index (Phi) is 4.06. The van der Waals surface area contributed by atoms with Crippen LogP contribution in [0.15, 0.2) is 65.9 Å². The van der Waals surface area contributed by atoms with Crippen LogP contribution in [0.3, 0.4) is 0 Å². The minimum Gasteiger partial charge on any atom is -0.467 e. The monoisotopic (exact) mass is 386 g/mol. The van der Waals surface area contributed by atoms with Crippen LogP contribution in [-0.2, 0) is 6.54 Å². The van der Waals surface area contributed by atoms with Crippen LogP contribution < -0.4 is 5.32 Å². The third kappa shape index (κ3) is 3.23. The number of carbonyl (C=O) groups excluding carboxylic acids is 1. The zero-order valence-electron chi connectivity index (χ0n) is 15.0. The zero-order valence-corrected chi connectivity index (χ0v) is 15.0. The van der Waals surface area contributed by atoms with Crippen molar-refractivity contribution in [1.29, 1.82) is 0 Å². The van der Waals surface area contributed by atoms with E-state index in [4.69, 9.17) is 9.40 Å². The van der Waals surface area contributed by atoms with Crippen molar-refractivity contribution in [3.8, 4) is 11.3 Å². The van der Waals surface area contributed by atoms with Crippen molar-refractivity contribution >= 4 is 22.9 Å². The number of aromatic amines is 1. The second kappa shape index (κ2) is 7.00. The number of amides is 1. The molecule has 5 heterocycles. The maximum absolute atomic E-state index is 12.9. The number of furan rings is 1. The van der Waals surface area contributed by atoms with Crippen LogP contribution in [0.4, 0.5) is 5.95 Å². The Morgan fingerprint density at radius 3 is 2.97 bits per heavy atom. The van der Waals surface area contributed by atoms with Crippen molar-refractivity contribution in [1.82, 2.24) is 34.9 Å². The third-order valence-electron chi connectivity index (χ3n) is 4.34. The molecule has 0 radical (unpaired) electrons. The summed E-state index contributed by atoms with van der Waals surface area (Å²) < 4.78 is 7.11. The fourth-order valence-electron chi connectivity index (χ4n) is 3.00. The molecule has 5 aromatic heterocycles. The second-order valence-corrected chi connectivity index (χ2v) is 6.20. The molecule has 0 atom stereocenters. The Labute approximate surface area is 163 Å². The van der Waals surface area contributed by atoms with Crippen molar-refractivity contribution < 1.29 is 9.21 Å². The first-order chi connectivity index (χ1) is 14.3. The minimum atomic E-state index is -0.350. The summed E-state index contributed by atoms with van der Waals surface area (Å²) in [6.07, 6.45) is 7.92. The summed E-state index contributed by atoms with van der Waals surface area (Å²) in [4.78, 5) is 25.8. The first kappa shape index (κ1) is 16.8. The van der Waals surface area contributed by atoms with Crippen LogP contribution in [-0.4, -0.2) is 40.8 Å². The number of fused-ring (bicyclic) bond motifs is 1. The average molecular weight is 386 g/mol. The number of rotatable bonds is 5. The first-order valence-electron chi connectivity index (χ1n) is 8.74. The molecule has 2 N–H and O–H groups in total. The molecule has 0 bridgehead atoms. The van der Waals surface area contributed by atoms with Gasteiger partial charge in [0.25, 0.3) is 5.91 Å². The lowest BCUT2D eigenvalue weighted by Gasteiger charge is -2.08. The lowest BCUT2D eigenvalue weighted by atomic mass is 10.1. The quantitative estimate of drug-likeness (QED) is 0.475. The standard InChI is InChI=1S/C19H14N8O2/c28-18(25-19-21-11-22-26-19)14-7-16(12-3-1-5-20-8-12)24-17-15(14)9-23-27(17)10-13-4-2-6-29-13/h1-9,11H,10H2,(H2,21,22,25,26,28). The van der Waals surface area contributed by atoms with Crippen molar-refractivity contribution in [2.45, 2.75) is 6.54 Å². The summed E-state index contributed by atoms with van der Waals surface area (Å²) in [5.41, 5.74) is 2.37. The molecule has 29 heavy (non-hydrogen) atoms. The Hall–Kier alpha value is -4.34. The van der Waals surface area contributed by atoms with Crippen LogP contribution >= 0.6 is 0 Å². The van der Waals surface area contributed by atoms with E-state index in [1.807, 2.05) is 24.3 Å². The third-order valence-corrected chi connectivity index (χ3v) is 4.34. The van der Waals surface area contributed by atoms with Crippen LogP contribution in [0.2, 0.25) is 0 Å². The molecule has 0 saturated heterocycles. The first-order valence-corrected chi connectivity index (χ1v) is 8.74. The molecule has 0 spiro atoms. The maximum Gasteiger partial charge on any atom is 0.258 e. The lowest BCUT2D eigenvalue weighted by Crippen LogP contribution is -2.14. The Morgan fingerprint density at radius 1 is 1.24 bits per heavy atom. The number of anilines is 1. The highest BCUT2D eigenvalue weighted by atomic mass is 16.3. The summed E-state index contributed by atoms with van der Waals surface area (Å²) in [6, 6.07) is 9.08. The van der Waals surface area contributed by atoms with E-state index in [2.05, 4.69) is 30.6 Å². The van der Waals surface area contributed by atoms with Crippen molar-refractivity contribution in [2.75, 3.05) is 5.32 Å². The number of carbonyl (C=O) groups is 1. The number of nitrogens with one attached hydrogen (secondary N) is 2. The number of nitrogens with zero attached hydrogens (tertiary/aromatic N) is 6. The van der Waals surface area contributed by atoms with E-state index in [0.717, 1.165) is 11.3 Å². The van der Waals surface area contributed by atoms with Crippen molar-refractivity contribution in [2.24, 2.45) is 0 Å². The van der Waals surface area contributed by atoms with E-state index in [9.17, 15) is 4.79 Å². The molecule has 142 valence electrons. The number of hydrogen-bond donors (Lipinski definition) is 2. The number of aromatic nitrogens is 7. The normalized spacial score (nSPS) is 11.0. The highest BCUT2D eigenvalue weighted by Crippen LogP contribution is 2.25. The van der Waals surface area contributed by atoms with Gasteiger partial charge in [-0.1, -0.05) is 0 Å². The van der Waals surface area contributed by atoms with Gasteiger partial charge >= 0.3 is 0 Å². The molecule has 0 unspecified atom stereocenters. The predicted octanol–water partition coefficient (Wildman–Crippen LogP) is 2.51. The van der Waals surface area contributed by atoms with Gasteiger partial charge in [-0.2, -0.15) is 15.2 Å².